The molecule has 0 aliphatic rings. The predicted molar refractivity (Wildman–Crippen MR) is 94.4 cm³/mol. The normalized spacial score (nSPS) is 11.2. The van der Waals surface area contributed by atoms with Crippen molar-refractivity contribution in [3.05, 3.63) is 45.8 Å². The third-order valence-electron chi connectivity index (χ3n) is 3.42. The first-order chi connectivity index (χ1) is 11.2. The standard InChI is InChI=1S/C16H22N6O2/c1-10-7-6-8-12(11(10)2)19-14-13(22(23)24)15(18-9-17-14)20-21-16(3,4)5/h6-9,21H,1-5H3,(H2,17,18,19,20). The average Bonchev–Trinajstić information content (AvgIpc) is 2.49. The summed E-state index contributed by atoms with van der Waals surface area (Å²) in [4.78, 5) is 19.0. The van der Waals surface area contributed by atoms with Crippen LogP contribution in [0.5, 0.6) is 0 Å². The Balaban J connectivity index is 2.39. The fourth-order valence-electron chi connectivity index (χ4n) is 2.00. The Bertz CT molecular complexity index is 755. The number of hydrogen-bond donors (Lipinski definition) is 3. The molecule has 0 aliphatic carbocycles. The third kappa shape index (κ3) is 4.17. The molecule has 0 spiro atoms. The Morgan fingerprint density at radius 3 is 2.42 bits per heavy atom. The summed E-state index contributed by atoms with van der Waals surface area (Å²) in [5.74, 6) is 0.250. The van der Waals surface area contributed by atoms with Gasteiger partial charge in [0.05, 0.1) is 4.92 Å². The molecule has 8 nitrogen and oxygen atoms in total. The van der Waals surface area contributed by atoms with Crippen molar-refractivity contribution in [3.8, 4) is 0 Å². The van der Waals surface area contributed by atoms with Crippen molar-refractivity contribution in [2.45, 2.75) is 40.2 Å². The number of aromatic nitrogens is 2. The van der Waals surface area contributed by atoms with Crippen molar-refractivity contribution in [3.63, 3.8) is 0 Å². The number of nitrogens with zero attached hydrogens (tertiary/aromatic N) is 3. The second-order valence-electron chi connectivity index (χ2n) is 6.55. The number of hydrogen-bond acceptors (Lipinski definition) is 7. The van der Waals surface area contributed by atoms with Gasteiger partial charge in [-0.2, -0.15) is 0 Å². The van der Waals surface area contributed by atoms with Gasteiger partial charge in [-0.3, -0.25) is 15.5 Å². The molecule has 128 valence electrons. The van der Waals surface area contributed by atoms with E-state index >= 15 is 0 Å². The molecule has 8 heteroatoms. The summed E-state index contributed by atoms with van der Waals surface area (Å²) < 4.78 is 0. The molecule has 1 aromatic heterocycles. The van der Waals surface area contributed by atoms with Gasteiger partial charge in [0.25, 0.3) is 0 Å². The van der Waals surface area contributed by atoms with Crippen molar-refractivity contribution in [2.24, 2.45) is 0 Å². The zero-order chi connectivity index (χ0) is 17.9. The topological polar surface area (TPSA) is 105 Å². The van der Waals surface area contributed by atoms with Crippen LogP contribution in [0.25, 0.3) is 0 Å². The monoisotopic (exact) mass is 330 g/mol. The van der Waals surface area contributed by atoms with Crippen LogP contribution in [-0.4, -0.2) is 20.4 Å². The molecule has 2 aromatic rings. The molecule has 24 heavy (non-hydrogen) atoms. The summed E-state index contributed by atoms with van der Waals surface area (Å²) in [6, 6.07) is 5.72. The lowest BCUT2D eigenvalue weighted by Gasteiger charge is -2.21. The first-order valence-electron chi connectivity index (χ1n) is 7.55. The molecule has 0 unspecified atom stereocenters. The van der Waals surface area contributed by atoms with Gasteiger partial charge < -0.3 is 5.32 Å². The molecule has 2 rings (SSSR count). The number of rotatable bonds is 5. The van der Waals surface area contributed by atoms with Crippen LogP contribution in [0.3, 0.4) is 0 Å². The predicted octanol–water partition coefficient (Wildman–Crippen LogP) is 3.46. The minimum Gasteiger partial charge on any atom is -0.334 e. The van der Waals surface area contributed by atoms with Crippen LogP contribution in [0.4, 0.5) is 23.0 Å². The summed E-state index contributed by atoms with van der Waals surface area (Å²) in [5, 5.41) is 14.6. The Labute approximate surface area is 140 Å². The highest BCUT2D eigenvalue weighted by molar-refractivity contribution is 5.74. The number of benzene rings is 1. The number of anilines is 3. The first kappa shape index (κ1) is 17.6. The Kier molecular flexibility index (Phi) is 4.99. The molecule has 0 amide bonds. The van der Waals surface area contributed by atoms with Crippen LogP contribution in [0.15, 0.2) is 24.5 Å². The highest BCUT2D eigenvalue weighted by Crippen LogP contribution is 2.32. The van der Waals surface area contributed by atoms with Crippen LogP contribution in [0.1, 0.15) is 31.9 Å². The highest BCUT2D eigenvalue weighted by Gasteiger charge is 2.24. The fraction of sp³-hybridized carbons (Fsp3) is 0.375. The molecular formula is C16H22N6O2. The fourth-order valence-corrected chi connectivity index (χ4v) is 2.00. The molecule has 0 saturated carbocycles. The molecule has 0 radical (unpaired) electrons. The molecule has 0 saturated heterocycles. The van der Waals surface area contributed by atoms with Crippen LogP contribution in [0, 0.1) is 24.0 Å². The Morgan fingerprint density at radius 1 is 1.12 bits per heavy atom. The molecule has 0 bridgehead atoms. The van der Waals surface area contributed by atoms with Gasteiger partial charge in [-0.05, 0) is 51.8 Å². The molecule has 1 aromatic carbocycles. The zero-order valence-corrected chi connectivity index (χ0v) is 14.5. The smallest absolute Gasteiger partial charge is 0.334 e. The second kappa shape index (κ2) is 6.79. The van der Waals surface area contributed by atoms with Gasteiger partial charge >= 0.3 is 5.69 Å². The van der Waals surface area contributed by atoms with Crippen LogP contribution in [0.2, 0.25) is 0 Å². The molecule has 0 atom stereocenters. The maximum atomic E-state index is 11.5. The van der Waals surface area contributed by atoms with Gasteiger partial charge in [0.1, 0.15) is 6.33 Å². The molecular weight excluding hydrogens is 308 g/mol. The van der Waals surface area contributed by atoms with E-state index in [0.29, 0.717) is 0 Å². The van der Waals surface area contributed by atoms with Gasteiger partial charge in [-0.25, -0.2) is 15.4 Å². The van der Waals surface area contributed by atoms with Crippen LogP contribution in [-0.2, 0) is 0 Å². The second-order valence-corrected chi connectivity index (χ2v) is 6.55. The van der Waals surface area contributed by atoms with E-state index in [1.165, 1.54) is 6.33 Å². The van der Waals surface area contributed by atoms with Crippen LogP contribution < -0.4 is 16.2 Å². The van der Waals surface area contributed by atoms with Gasteiger partial charge in [0.15, 0.2) is 0 Å². The van der Waals surface area contributed by atoms with Crippen molar-refractivity contribution in [2.75, 3.05) is 10.7 Å². The largest absolute Gasteiger partial charge is 0.354 e. The van der Waals surface area contributed by atoms with Gasteiger partial charge in [0.2, 0.25) is 11.6 Å². The van der Waals surface area contributed by atoms with Crippen molar-refractivity contribution < 1.29 is 4.92 Å². The van der Waals surface area contributed by atoms with Crippen LogP contribution >= 0.6 is 0 Å². The van der Waals surface area contributed by atoms with E-state index < -0.39 is 4.92 Å². The number of aryl methyl sites for hydroxylation is 1. The number of nitrogens with one attached hydrogen (secondary N) is 3. The SMILES string of the molecule is Cc1cccc(Nc2ncnc(NNC(C)(C)C)c2[N+](=O)[O-])c1C. The van der Waals surface area contributed by atoms with E-state index in [-0.39, 0.29) is 22.9 Å². The summed E-state index contributed by atoms with van der Waals surface area (Å²) >= 11 is 0. The van der Waals surface area contributed by atoms with E-state index in [9.17, 15) is 10.1 Å². The summed E-state index contributed by atoms with van der Waals surface area (Å²) in [7, 11) is 0. The van der Waals surface area contributed by atoms with Gasteiger partial charge in [-0.1, -0.05) is 12.1 Å². The summed E-state index contributed by atoms with van der Waals surface area (Å²) in [6.45, 7) is 9.73. The Morgan fingerprint density at radius 2 is 1.79 bits per heavy atom. The minimum absolute atomic E-state index is 0.109. The maximum absolute atomic E-state index is 11.5. The molecule has 0 fully saturated rings. The lowest BCUT2D eigenvalue weighted by atomic mass is 10.1. The maximum Gasteiger partial charge on any atom is 0.354 e. The quantitative estimate of drug-likeness (QED) is 0.569. The first-order valence-corrected chi connectivity index (χ1v) is 7.55. The minimum atomic E-state index is -0.500. The number of nitro groups is 1. The van der Waals surface area contributed by atoms with Gasteiger partial charge in [0, 0.05) is 11.2 Å². The van der Waals surface area contributed by atoms with Crippen molar-refractivity contribution in [1.82, 2.24) is 15.4 Å². The summed E-state index contributed by atoms with van der Waals surface area (Å²) in [5.41, 5.74) is 8.15. The van der Waals surface area contributed by atoms with Crippen molar-refractivity contribution >= 4 is 23.0 Å². The van der Waals surface area contributed by atoms with Crippen molar-refractivity contribution in [1.29, 1.82) is 0 Å². The molecule has 1 heterocycles. The van der Waals surface area contributed by atoms with E-state index in [1.54, 1.807) is 0 Å². The third-order valence-corrected chi connectivity index (χ3v) is 3.42. The van der Waals surface area contributed by atoms with Gasteiger partial charge in [-0.15, -0.1) is 0 Å². The van der Waals surface area contributed by atoms with E-state index in [4.69, 9.17) is 0 Å². The van der Waals surface area contributed by atoms with E-state index in [1.807, 2.05) is 52.8 Å². The lowest BCUT2D eigenvalue weighted by molar-refractivity contribution is -0.383. The molecule has 3 N–H and O–H groups in total. The van der Waals surface area contributed by atoms with E-state index in [0.717, 1.165) is 16.8 Å². The molecule has 0 aliphatic heterocycles. The number of hydrazine groups is 1. The van der Waals surface area contributed by atoms with E-state index in [2.05, 4.69) is 26.1 Å². The lowest BCUT2D eigenvalue weighted by Crippen LogP contribution is -2.40. The summed E-state index contributed by atoms with van der Waals surface area (Å²) in [6.07, 6.45) is 1.28. The zero-order valence-electron chi connectivity index (χ0n) is 14.5. The average molecular weight is 330 g/mol. The highest BCUT2D eigenvalue weighted by atomic mass is 16.6. The Hall–Kier alpha value is -2.74.